The van der Waals surface area contributed by atoms with E-state index in [-0.39, 0.29) is 12.8 Å². The van der Waals surface area contributed by atoms with Crippen molar-refractivity contribution in [3.63, 3.8) is 0 Å². The van der Waals surface area contributed by atoms with E-state index < -0.39 is 17.7 Å². The Balaban J connectivity index is 2.24. The highest BCUT2D eigenvalue weighted by atomic mass is 35.5. The summed E-state index contributed by atoms with van der Waals surface area (Å²) in [4.78, 5) is 11.5. The Morgan fingerprint density at radius 3 is 2.62 bits per heavy atom. The molecule has 1 heterocycles. The molecule has 2 rings (SSSR count). The van der Waals surface area contributed by atoms with Crippen LogP contribution in [-0.4, -0.2) is 20.9 Å². The number of benzene rings is 1. The minimum Gasteiger partial charge on any atom is -0.481 e. The van der Waals surface area contributed by atoms with E-state index in [2.05, 4.69) is 5.10 Å². The van der Waals surface area contributed by atoms with Gasteiger partial charge in [-0.2, -0.15) is 5.10 Å². The quantitative estimate of drug-likeness (QED) is 0.923. The van der Waals surface area contributed by atoms with Gasteiger partial charge in [0, 0.05) is 12.6 Å². The molecule has 1 atom stereocenters. The van der Waals surface area contributed by atoms with Gasteiger partial charge in [0.05, 0.1) is 11.6 Å². The van der Waals surface area contributed by atoms with Crippen LogP contribution < -0.4 is 0 Å². The molecule has 0 aliphatic rings. The molecule has 2 aromatic rings. The molecule has 1 aromatic heterocycles. The Morgan fingerprint density at radius 1 is 1.43 bits per heavy atom. The zero-order valence-electron chi connectivity index (χ0n) is 11.8. The number of hydrogen-bond acceptors (Lipinski definition) is 2. The summed E-state index contributed by atoms with van der Waals surface area (Å²) in [6.45, 7) is 1.78. The highest BCUT2D eigenvalue weighted by Gasteiger charge is 2.24. The van der Waals surface area contributed by atoms with Gasteiger partial charge in [-0.25, -0.2) is 4.39 Å². The average Bonchev–Trinajstić information content (AvgIpc) is 2.66. The molecule has 1 N–H and O–H groups in total. The number of aliphatic carboxylic acids is 1. The Hall–Kier alpha value is -1.88. The maximum Gasteiger partial charge on any atom is 0.307 e. The van der Waals surface area contributed by atoms with E-state index in [0.29, 0.717) is 22.0 Å². The predicted octanol–water partition coefficient (Wildman–Crippen LogP) is 3.01. The lowest BCUT2D eigenvalue weighted by Gasteiger charge is -2.13. The standard InChI is InChI=1S/C15H16ClFN2O2/c1-9-12(14(16)19(2)18-9)8-11(15(20)21)7-10-5-3-4-6-13(10)17/h3-6,11H,7-8H2,1-2H3,(H,20,21). The first kappa shape index (κ1) is 15.5. The topological polar surface area (TPSA) is 55.1 Å². The summed E-state index contributed by atoms with van der Waals surface area (Å²) in [5.41, 5.74) is 1.78. The minimum atomic E-state index is -0.974. The van der Waals surface area contributed by atoms with Gasteiger partial charge in [0.1, 0.15) is 11.0 Å². The summed E-state index contributed by atoms with van der Waals surface area (Å²) in [6, 6.07) is 6.20. The lowest BCUT2D eigenvalue weighted by atomic mass is 9.92. The molecule has 6 heteroatoms. The van der Waals surface area contributed by atoms with E-state index >= 15 is 0 Å². The second kappa shape index (κ2) is 6.26. The van der Waals surface area contributed by atoms with E-state index in [4.69, 9.17) is 11.6 Å². The minimum absolute atomic E-state index is 0.118. The van der Waals surface area contributed by atoms with Gasteiger partial charge in [-0.15, -0.1) is 0 Å². The van der Waals surface area contributed by atoms with Crippen molar-refractivity contribution in [2.24, 2.45) is 13.0 Å². The van der Waals surface area contributed by atoms with E-state index in [1.807, 2.05) is 0 Å². The van der Waals surface area contributed by atoms with Gasteiger partial charge >= 0.3 is 5.97 Å². The van der Waals surface area contributed by atoms with Crippen molar-refractivity contribution >= 4 is 17.6 Å². The number of aryl methyl sites for hydroxylation is 2. The fourth-order valence-electron chi connectivity index (χ4n) is 2.33. The van der Waals surface area contributed by atoms with Crippen LogP contribution >= 0.6 is 11.6 Å². The fraction of sp³-hybridized carbons (Fsp3) is 0.333. The number of carboxylic acids is 1. The van der Waals surface area contributed by atoms with Crippen LogP contribution in [-0.2, 0) is 24.7 Å². The summed E-state index contributed by atoms with van der Waals surface area (Å²) in [5, 5.41) is 14.0. The van der Waals surface area contributed by atoms with Gasteiger partial charge in [0.2, 0.25) is 0 Å². The van der Waals surface area contributed by atoms with Gasteiger partial charge in [-0.05, 0) is 31.4 Å². The number of carbonyl (C=O) groups is 1. The molecule has 0 bridgehead atoms. The fourth-order valence-corrected chi connectivity index (χ4v) is 2.58. The lowest BCUT2D eigenvalue weighted by Crippen LogP contribution is -2.20. The summed E-state index contributed by atoms with van der Waals surface area (Å²) in [6.07, 6.45) is 0.342. The molecule has 1 aromatic carbocycles. The normalized spacial score (nSPS) is 12.4. The van der Waals surface area contributed by atoms with Crippen LogP contribution in [0.4, 0.5) is 4.39 Å². The third-order valence-electron chi connectivity index (χ3n) is 3.49. The van der Waals surface area contributed by atoms with Crippen LogP contribution in [0.25, 0.3) is 0 Å². The number of halogens is 2. The van der Waals surface area contributed by atoms with Crippen LogP contribution in [0.1, 0.15) is 16.8 Å². The van der Waals surface area contributed by atoms with Crippen molar-refractivity contribution in [1.29, 1.82) is 0 Å². The maximum atomic E-state index is 13.7. The Morgan fingerprint density at radius 2 is 2.10 bits per heavy atom. The van der Waals surface area contributed by atoms with Gasteiger partial charge in [0.25, 0.3) is 0 Å². The molecule has 21 heavy (non-hydrogen) atoms. The van der Waals surface area contributed by atoms with Crippen molar-refractivity contribution in [3.8, 4) is 0 Å². The molecule has 112 valence electrons. The van der Waals surface area contributed by atoms with Crippen LogP contribution in [0.2, 0.25) is 5.15 Å². The largest absolute Gasteiger partial charge is 0.481 e. The van der Waals surface area contributed by atoms with Crippen molar-refractivity contribution in [3.05, 3.63) is 52.1 Å². The van der Waals surface area contributed by atoms with Crippen LogP contribution in [0, 0.1) is 18.7 Å². The molecular weight excluding hydrogens is 295 g/mol. The third kappa shape index (κ3) is 3.42. The number of carboxylic acid groups (broad SMARTS) is 1. The van der Waals surface area contributed by atoms with Crippen molar-refractivity contribution in [1.82, 2.24) is 9.78 Å². The zero-order valence-corrected chi connectivity index (χ0v) is 12.6. The van der Waals surface area contributed by atoms with Crippen LogP contribution in [0.3, 0.4) is 0 Å². The molecule has 0 amide bonds. The van der Waals surface area contributed by atoms with E-state index in [1.54, 1.807) is 32.2 Å². The highest BCUT2D eigenvalue weighted by molar-refractivity contribution is 6.30. The van der Waals surface area contributed by atoms with Crippen molar-refractivity contribution < 1.29 is 14.3 Å². The van der Waals surface area contributed by atoms with E-state index in [9.17, 15) is 14.3 Å². The van der Waals surface area contributed by atoms with E-state index in [1.165, 1.54) is 10.7 Å². The molecule has 0 saturated heterocycles. The molecular formula is C15H16ClFN2O2. The smallest absolute Gasteiger partial charge is 0.307 e. The van der Waals surface area contributed by atoms with Crippen molar-refractivity contribution in [2.75, 3.05) is 0 Å². The maximum absolute atomic E-state index is 13.7. The number of hydrogen-bond donors (Lipinski definition) is 1. The SMILES string of the molecule is Cc1nn(C)c(Cl)c1CC(Cc1ccccc1F)C(=O)O. The second-order valence-electron chi connectivity index (χ2n) is 5.01. The van der Waals surface area contributed by atoms with Gasteiger partial charge < -0.3 is 5.11 Å². The highest BCUT2D eigenvalue weighted by Crippen LogP contribution is 2.24. The molecule has 0 radical (unpaired) electrons. The first-order valence-corrected chi connectivity index (χ1v) is 6.92. The Labute approximate surface area is 127 Å². The first-order valence-electron chi connectivity index (χ1n) is 6.54. The molecule has 4 nitrogen and oxygen atoms in total. The molecule has 0 aliphatic carbocycles. The lowest BCUT2D eigenvalue weighted by molar-refractivity contribution is -0.141. The average molecular weight is 311 g/mol. The summed E-state index contributed by atoms with van der Waals surface area (Å²) < 4.78 is 15.2. The molecule has 0 aliphatic heterocycles. The number of nitrogens with zero attached hydrogens (tertiary/aromatic N) is 2. The van der Waals surface area contributed by atoms with Crippen LogP contribution in [0.5, 0.6) is 0 Å². The number of rotatable bonds is 5. The number of aromatic nitrogens is 2. The van der Waals surface area contributed by atoms with Crippen molar-refractivity contribution in [2.45, 2.75) is 19.8 Å². The molecule has 0 fully saturated rings. The van der Waals surface area contributed by atoms with Gasteiger partial charge in [-0.1, -0.05) is 29.8 Å². The molecule has 0 saturated carbocycles. The summed E-state index contributed by atoms with van der Waals surface area (Å²) in [7, 11) is 1.70. The summed E-state index contributed by atoms with van der Waals surface area (Å²) >= 11 is 6.13. The van der Waals surface area contributed by atoms with Crippen LogP contribution in [0.15, 0.2) is 24.3 Å². The van der Waals surface area contributed by atoms with E-state index in [0.717, 1.165) is 0 Å². The van der Waals surface area contributed by atoms with Gasteiger partial charge in [-0.3, -0.25) is 9.48 Å². The molecule has 1 unspecified atom stereocenters. The zero-order chi connectivity index (χ0) is 15.6. The molecule has 0 spiro atoms. The monoisotopic (exact) mass is 310 g/mol. The third-order valence-corrected chi connectivity index (χ3v) is 3.97. The summed E-state index contributed by atoms with van der Waals surface area (Å²) in [5.74, 6) is -2.11. The Kier molecular flexibility index (Phi) is 4.63. The Bertz CT molecular complexity index is 670. The van der Waals surface area contributed by atoms with Gasteiger partial charge in [0.15, 0.2) is 0 Å². The first-order chi connectivity index (χ1) is 9.90. The second-order valence-corrected chi connectivity index (χ2v) is 5.37. The predicted molar refractivity (Wildman–Crippen MR) is 77.9 cm³/mol.